The summed E-state index contributed by atoms with van der Waals surface area (Å²) >= 11 is 0. The van der Waals surface area contributed by atoms with Gasteiger partial charge in [-0.15, -0.1) is 0 Å². The average molecular weight is 338 g/mol. The molecular weight excluding hydrogens is 316 g/mol. The number of nitrogens with one attached hydrogen (secondary N) is 1. The van der Waals surface area contributed by atoms with Gasteiger partial charge in [0, 0.05) is 5.56 Å². The molecule has 0 bridgehead atoms. The zero-order valence-electron chi connectivity index (χ0n) is 14.3. The Morgan fingerprint density at radius 3 is 2.29 bits per heavy atom. The number of ether oxygens (including phenoxy) is 5. The standard InChI is InChI=1S/C16H22N2O6/c1-16(23-5-6-24-16)9-14(19)18-17-10-11-7-12(20-2)15(22-4)13(8-11)21-3/h7-8,10H,5-6,9H2,1-4H3,(H,18,19)/b17-10-. The van der Waals surface area contributed by atoms with Crippen LogP contribution in [0.5, 0.6) is 17.2 Å². The maximum absolute atomic E-state index is 11.9. The minimum atomic E-state index is -0.883. The van der Waals surface area contributed by atoms with Gasteiger partial charge in [0.05, 0.1) is 47.2 Å². The molecule has 0 unspecified atom stereocenters. The van der Waals surface area contributed by atoms with Crippen molar-refractivity contribution in [2.24, 2.45) is 5.10 Å². The molecule has 0 saturated carbocycles. The Labute approximate surface area is 140 Å². The van der Waals surface area contributed by atoms with Crippen LogP contribution in [0.3, 0.4) is 0 Å². The first kappa shape index (κ1) is 18.0. The molecular formula is C16H22N2O6. The van der Waals surface area contributed by atoms with Crippen molar-refractivity contribution in [2.75, 3.05) is 34.5 Å². The Morgan fingerprint density at radius 2 is 1.79 bits per heavy atom. The lowest BCUT2D eigenvalue weighted by molar-refractivity contribution is -0.159. The van der Waals surface area contributed by atoms with E-state index in [1.165, 1.54) is 27.5 Å². The van der Waals surface area contributed by atoms with Crippen LogP contribution in [-0.2, 0) is 14.3 Å². The maximum Gasteiger partial charge on any atom is 0.245 e. The van der Waals surface area contributed by atoms with Crippen molar-refractivity contribution in [1.29, 1.82) is 0 Å². The Balaban J connectivity index is 2.02. The van der Waals surface area contributed by atoms with Crippen molar-refractivity contribution in [1.82, 2.24) is 5.43 Å². The monoisotopic (exact) mass is 338 g/mol. The molecule has 0 aromatic heterocycles. The number of hydrogen-bond acceptors (Lipinski definition) is 7. The lowest BCUT2D eigenvalue weighted by Gasteiger charge is -2.20. The molecule has 1 aromatic carbocycles. The highest BCUT2D eigenvalue weighted by Gasteiger charge is 2.33. The molecule has 0 spiro atoms. The summed E-state index contributed by atoms with van der Waals surface area (Å²) in [4.78, 5) is 11.9. The lowest BCUT2D eigenvalue weighted by atomic mass is 10.2. The summed E-state index contributed by atoms with van der Waals surface area (Å²) in [5.41, 5.74) is 3.13. The number of nitrogens with zero attached hydrogens (tertiary/aromatic N) is 1. The second kappa shape index (κ2) is 7.98. The second-order valence-corrected chi connectivity index (χ2v) is 5.26. The maximum atomic E-state index is 11.9. The quantitative estimate of drug-likeness (QED) is 0.596. The van der Waals surface area contributed by atoms with Crippen molar-refractivity contribution >= 4 is 12.1 Å². The Bertz CT molecular complexity index is 586. The Hall–Kier alpha value is -2.32. The molecule has 1 saturated heterocycles. The van der Waals surface area contributed by atoms with Gasteiger partial charge in [0.15, 0.2) is 17.3 Å². The largest absolute Gasteiger partial charge is 0.493 e. The number of carbonyl (C=O) groups excluding carboxylic acids is 1. The summed E-state index contributed by atoms with van der Waals surface area (Å²) in [5, 5.41) is 3.93. The summed E-state index contributed by atoms with van der Waals surface area (Å²) < 4.78 is 26.5. The molecule has 1 heterocycles. The van der Waals surface area contributed by atoms with Crippen molar-refractivity contribution < 1.29 is 28.5 Å². The van der Waals surface area contributed by atoms with Gasteiger partial charge in [0.25, 0.3) is 0 Å². The topological polar surface area (TPSA) is 87.6 Å². The number of methoxy groups -OCH3 is 3. The molecule has 0 atom stereocenters. The molecule has 1 N–H and O–H groups in total. The number of benzene rings is 1. The lowest BCUT2D eigenvalue weighted by Crippen LogP contribution is -2.33. The van der Waals surface area contributed by atoms with Crippen LogP contribution in [-0.4, -0.2) is 52.5 Å². The molecule has 132 valence electrons. The molecule has 0 aliphatic carbocycles. The van der Waals surface area contributed by atoms with E-state index >= 15 is 0 Å². The van der Waals surface area contributed by atoms with Crippen molar-refractivity contribution in [3.8, 4) is 17.2 Å². The molecule has 8 nitrogen and oxygen atoms in total. The molecule has 8 heteroatoms. The SMILES string of the molecule is COc1cc(/C=N\NC(=O)CC2(C)OCCO2)cc(OC)c1OC. The van der Waals surface area contributed by atoms with Gasteiger partial charge in [-0.1, -0.05) is 0 Å². The number of rotatable bonds is 7. The fourth-order valence-electron chi connectivity index (χ4n) is 2.34. The third kappa shape index (κ3) is 4.36. The summed E-state index contributed by atoms with van der Waals surface area (Å²) in [6, 6.07) is 3.45. The normalized spacial score (nSPS) is 16.2. The Kier molecular flexibility index (Phi) is 5.99. The summed E-state index contributed by atoms with van der Waals surface area (Å²) in [6.45, 7) is 2.69. The van der Waals surface area contributed by atoms with E-state index in [9.17, 15) is 4.79 Å². The van der Waals surface area contributed by atoms with Gasteiger partial charge in [0.2, 0.25) is 11.7 Å². The van der Waals surface area contributed by atoms with Gasteiger partial charge in [-0.3, -0.25) is 4.79 Å². The first-order chi connectivity index (χ1) is 11.5. The van der Waals surface area contributed by atoms with E-state index in [1.807, 2.05) is 0 Å². The minimum absolute atomic E-state index is 0.0690. The molecule has 1 aromatic rings. The van der Waals surface area contributed by atoms with Crippen LogP contribution in [0, 0.1) is 0 Å². The fourth-order valence-corrected chi connectivity index (χ4v) is 2.34. The molecule has 24 heavy (non-hydrogen) atoms. The predicted octanol–water partition coefficient (Wildman–Crippen LogP) is 1.32. The first-order valence-corrected chi connectivity index (χ1v) is 7.41. The number of carbonyl (C=O) groups is 1. The molecule has 1 amide bonds. The third-order valence-corrected chi connectivity index (χ3v) is 3.47. The van der Waals surface area contributed by atoms with Gasteiger partial charge in [-0.2, -0.15) is 5.10 Å². The van der Waals surface area contributed by atoms with Gasteiger partial charge in [0.1, 0.15) is 0 Å². The van der Waals surface area contributed by atoms with Crippen LogP contribution in [0.4, 0.5) is 0 Å². The summed E-state index contributed by atoms with van der Waals surface area (Å²) in [6.07, 6.45) is 1.56. The van der Waals surface area contributed by atoms with Gasteiger partial charge in [-0.25, -0.2) is 5.43 Å². The van der Waals surface area contributed by atoms with Crippen LogP contribution in [0.2, 0.25) is 0 Å². The van der Waals surface area contributed by atoms with Crippen molar-refractivity contribution in [3.05, 3.63) is 17.7 Å². The van der Waals surface area contributed by atoms with E-state index in [-0.39, 0.29) is 12.3 Å². The molecule has 1 fully saturated rings. The highest BCUT2D eigenvalue weighted by atomic mass is 16.7. The second-order valence-electron chi connectivity index (χ2n) is 5.26. The van der Waals surface area contributed by atoms with Crippen molar-refractivity contribution in [3.63, 3.8) is 0 Å². The van der Waals surface area contributed by atoms with Crippen LogP contribution < -0.4 is 19.6 Å². The summed E-state index contributed by atoms with van der Waals surface area (Å²) in [5.74, 6) is 0.314. The molecule has 1 aliphatic heterocycles. The number of hydrazone groups is 1. The van der Waals surface area contributed by atoms with Gasteiger partial charge in [-0.05, 0) is 19.1 Å². The van der Waals surface area contributed by atoms with Crippen LogP contribution >= 0.6 is 0 Å². The zero-order chi connectivity index (χ0) is 17.6. The van der Waals surface area contributed by atoms with E-state index < -0.39 is 5.79 Å². The minimum Gasteiger partial charge on any atom is -0.493 e. The van der Waals surface area contributed by atoms with Crippen LogP contribution in [0.1, 0.15) is 18.9 Å². The third-order valence-electron chi connectivity index (χ3n) is 3.47. The fraction of sp³-hybridized carbons (Fsp3) is 0.500. The predicted molar refractivity (Wildman–Crippen MR) is 86.8 cm³/mol. The van der Waals surface area contributed by atoms with E-state index in [1.54, 1.807) is 19.1 Å². The highest BCUT2D eigenvalue weighted by Crippen LogP contribution is 2.37. The Morgan fingerprint density at radius 1 is 1.21 bits per heavy atom. The smallest absolute Gasteiger partial charge is 0.245 e. The summed E-state index contributed by atoms with van der Waals surface area (Å²) in [7, 11) is 4.59. The van der Waals surface area contributed by atoms with Gasteiger partial charge < -0.3 is 23.7 Å². The number of hydrogen-bond donors (Lipinski definition) is 1. The van der Waals surface area contributed by atoms with E-state index in [4.69, 9.17) is 23.7 Å². The molecule has 1 aliphatic rings. The zero-order valence-corrected chi connectivity index (χ0v) is 14.3. The van der Waals surface area contributed by atoms with E-state index in [2.05, 4.69) is 10.5 Å². The van der Waals surface area contributed by atoms with E-state index in [0.717, 1.165) is 0 Å². The molecule has 0 radical (unpaired) electrons. The first-order valence-electron chi connectivity index (χ1n) is 7.41. The van der Waals surface area contributed by atoms with Crippen LogP contribution in [0.25, 0.3) is 0 Å². The highest BCUT2D eigenvalue weighted by molar-refractivity contribution is 5.84. The van der Waals surface area contributed by atoms with Crippen LogP contribution in [0.15, 0.2) is 17.2 Å². The number of amides is 1. The van der Waals surface area contributed by atoms with Crippen molar-refractivity contribution in [2.45, 2.75) is 19.1 Å². The average Bonchev–Trinajstić information content (AvgIpc) is 2.99. The molecule has 2 rings (SSSR count). The van der Waals surface area contributed by atoms with Gasteiger partial charge >= 0.3 is 0 Å². The van der Waals surface area contributed by atoms with E-state index in [0.29, 0.717) is 36.0 Å².